The summed E-state index contributed by atoms with van der Waals surface area (Å²) in [4.78, 5) is 8.82. The highest BCUT2D eigenvalue weighted by Gasteiger charge is 2.16. The molecule has 4 aromatic heterocycles. The maximum Gasteiger partial charge on any atom is 0.178 e. The normalized spacial score (nSPS) is 12.0. The minimum Gasteiger partial charge on any atom is -0.452 e. The first kappa shape index (κ1) is 18.5. The largest absolute Gasteiger partial charge is 0.452 e. The van der Waals surface area contributed by atoms with Crippen LogP contribution in [0, 0.1) is 0 Å². The van der Waals surface area contributed by atoms with E-state index in [0.29, 0.717) is 0 Å². The van der Waals surface area contributed by atoms with Gasteiger partial charge in [-0.1, -0.05) is 48.5 Å². The number of para-hydroxylation sites is 1. The average molecular weight is 451 g/mol. The third kappa shape index (κ3) is 2.69. The van der Waals surface area contributed by atoms with Gasteiger partial charge in [-0.2, -0.15) is 0 Å². The lowest BCUT2D eigenvalue weighted by Gasteiger charge is -2.03. The first-order chi connectivity index (χ1) is 17.3. The molecule has 164 valence electrons. The molecular formula is C30H17N3O2. The molecule has 0 spiro atoms. The van der Waals surface area contributed by atoms with Gasteiger partial charge in [0.15, 0.2) is 16.8 Å². The molecule has 4 heterocycles. The predicted molar refractivity (Wildman–Crippen MR) is 138 cm³/mol. The standard InChI is InChI=1S/C30H17N3O2/c1-2-4-26-21(3-1)22-10-11-23-24-15-20(9-12-27(24)35-30(23)29(22)34-26)18-5-7-19(8-6-18)25-17-33-14-13-31-16-28(33)32-25/h1-17H. The highest BCUT2D eigenvalue weighted by molar-refractivity contribution is 6.19. The van der Waals surface area contributed by atoms with E-state index in [0.717, 1.165) is 71.9 Å². The summed E-state index contributed by atoms with van der Waals surface area (Å²) in [5.74, 6) is 0. The van der Waals surface area contributed by atoms with Gasteiger partial charge in [-0.25, -0.2) is 4.98 Å². The van der Waals surface area contributed by atoms with Crippen molar-refractivity contribution in [2.24, 2.45) is 0 Å². The highest BCUT2D eigenvalue weighted by Crippen LogP contribution is 2.39. The van der Waals surface area contributed by atoms with Crippen molar-refractivity contribution < 1.29 is 8.83 Å². The summed E-state index contributed by atoms with van der Waals surface area (Å²) in [5.41, 5.74) is 8.43. The predicted octanol–water partition coefficient (Wildman–Crippen LogP) is 7.86. The summed E-state index contributed by atoms with van der Waals surface area (Å²) in [5, 5.41) is 4.32. The smallest absolute Gasteiger partial charge is 0.178 e. The van der Waals surface area contributed by atoms with Crippen LogP contribution in [0.4, 0.5) is 0 Å². The fourth-order valence-electron chi connectivity index (χ4n) is 5.01. The van der Waals surface area contributed by atoms with E-state index >= 15 is 0 Å². The Morgan fingerprint density at radius 2 is 1.34 bits per heavy atom. The first-order valence-corrected chi connectivity index (χ1v) is 11.5. The Kier molecular flexibility index (Phi) is 3.60. The second-order valence-electron chi connectivity index (χ2n) is 8.78. The van der Waals surface area contributed by atoms with Gasteiger partial charge in [0.2, 0.25) is 0 Å². The lowest BCUT2D eigenvalue weighted by atomic mass is 10.0. The van der Waals surface area contributed by atoms with Crippen LogP contribution >= 0.6 is 0 Å². The number of hydrogen-bond donors (Lipinski definition) is 0. The van der Waals surface area contributed by atoms with Crippen molar-refractivity contribution in [3.8, 4) is 22.4 Å². The molecule has 5 heteroatoms. The molecule has 0 aliphatic heterocycles. The van der Waals surface area contributed by atoms with Gasteiger partial charge >= 0.3 is 0 Å². The van der Waals surface area contributed by atoms with E-state index in [1.54, 1.807) is 12.4 Å². The van der Waals surface area contributed by atoms with E-state index in [2.05, 4.69) is 64.6 Å². The second kappa shape index (κ2) is 6.81. The number of fused-ring (bicyclic) bond motifs is 8. The maximum absolute atomic E-state index is 6.28. The van der Waals surface area contributed by atoms with Crippen LogP contribution in [0.25, 0.3) is 71.9 Å². The van der Waals surface area contributed by atoms with E-state index < -0.39 is 0 Å². The SMILES string of the molecule is c1ccc2c(c1)oc1c2ccc2c3cc(-c4ccc(-c5cn6ccncc6n5)cc4)ccc3oc21. The monoisotopic (exact) mass is 451 g/mol. The van der Waals surface area contributed by atoms with E-state index in [9.17, 15) is 0 Å². The summed E-state index contributed by atoms with van der Waals surface area (Å²) in [6.07, 6.45) is 7.45. The summed E-state index contributed by atoms with van der Waals surface area (Å²) < 4.78 is 14.4. The molecule has 0 radical (unpaired) electrons. The van der Waals surface area contributed by atoms with Crippen LogP contribution in [-0.2, 0) is 0 Å². The fraction of sp³-hybridized carbons (Fsp3) is 0. The van der Waals surface area contributed by atoms with Crippen LogP contribution in [0.5, 0.6) is 0 Å². The molecule has 8 rings (SSSR count). The molecule has 0 fully saturated rings. The minimum atomic E-state index is 0.794. The van der Waals surface area contributed by atoms with Gasteiger partial charge in [0.25, 0.3) is 0 Å². The van der Waals surface area contributed by atoms with E-state index in [4.69, 9.17) is 8.83 Å². The molecule has 0 N–H and O–H groups in total. The molecule has 35 heavy (non-hydrogen) atoms. The molecule has 0 unspecified atom stereocenters. The van der Waals surface area contributed by atoms with Crippen LogP contribution in [0.2, 0.25) is 0 Å². The molecule has 0 aliphatic carbocycles. The number of hydrogen-bond acceptors (Lipinski definition) is 4. The van der Waals surface area contributed by atoms with Gasteiger partial charge in [-0.05, 0) is 41.5 Å². The van der Waals surface area contributed by atoms with Crippen molar-refractivity contribution in [2.45, 2.75) is 0 Å². The van der Waals surface area contributed by atoms with Crippen molar-refractivity contribution in [1.82, 2.24) is 14.4 Å². The Bertz CT molecular complexity index is 2030. The van der Waals surface area contributed by atoms with Gasteiger partial charge < -0.3 is 13.2 Å². The number of aromatic nitrogens is 3. The third-order valence-corrected chi connectivity index (χ3v) is 6.76. The fourth-order valence-corrected chi connectivity index (χ4v) is 5.01. The van der Waals surface area contributed by atoms with Gasteiger partial charge in [0, 0.05) is 45.7 Å². The molecule has 5 nitrogen and oxygen atoms in total. The molecule has 8 aromatic rings. The number of imidazole rings is 1. The molecule has 4 aromatic carbocycles. The number of nitrogens with zero attached hydrogens (tertiary/aromatic N) is 3. The third-order valence-electron chi connectivity index (χ3n) is 6.76. The number of rotatable bonds is 2. The van der Waals surface area contributed by atoms with Crippen molar-refractivity contribution in [2.75, 3.05) is 0 Å². The van der Waals surface area contributed by atoms with E-state index in [1.165, 1.54) is 0 Å². The Morgan fingerprint density at radius 3 is 2.17 bits per heavy atom. The average Bonchev–Trinajstić information content (AvgIpc) is 3.61. The van der Waals surface area contributed by atoms with Crippen LogP contribution in [-0.4, -0.2) is 14.4 Å². The number of furan rings is 2. The summed E-state index contributed by atoms with van der Waals surface area (Å²) in [7, 11) is 0. The van der Waals surface area contributed by atoms with Gasteiger partial charge in [-0.3, -0.25) is 4.98 Å². The summed E-state index contributed by atoms with van der Waals surface area (Å²) >= 11 is 0. The Balaban J connectivity index is 1.24. The van der Waals surface area contributed by atoms with Crippen molar-refractivity contribution in [1.29, 1.82) is 0 Å². The Labute approximate surface area is 198 Å². The van der Waals surface area contributed by atoms with Gasteiger partial charge in [-0.15, -0.1) is 0 Å². The summed E-state index contributed by atoms with van der Waals surface area (Å²) in [6.45, 7) is 0. The minimum absolute atomic E-state index is 0.794. The number of benzene rings is 4. The molecular weight excluding hydrogens is 434 g/mol. The van der Waals surface area contributed by atoms with E-state index in [1.807, 2.05) is 41.1 Å². The second-order valence-corrected chi connectivity index (χ2v) is 8.78. The molecule has 0 bridgehead atoms. The van der Waals surface area contributed by atoms with Crippen molar-refractivity contribution in [3.63, 3.8) is 0 Å². The molecule has 0 atom stereocenters. The van der Waals surface area contributed by atoms with Crippen LogP contribution in [0.15, 0.2) is 112 Å². The van der Waals surface area contributed by atoms with Crippen LogP contribution < -0.4 is 0 Å². The molecule has 0 amide bonds. The highest BCUT2D eigenvalue weighted by atomic mass is 16.4. The molecule has 0 saturated heterocycles. The molecule has 0 saturated carbocycles. The van der Waals surface area contributed by atoms with Crippen LogP contribution in [0.1, 0.15) is 0 Å². The zero-order valence-corrected chi connectivity index (χ0v) is 18.5. The first-order valence-electron chi connectivity index (χ1n) is 11.5. The van der Waals surface area contributed by atoms with Crippen LogP contribution in [0.3, 0.4) is 0 Å². The topological polar surface area (TPSA) is 56.5 Å². The van der Waals surface area contributed by atoms with Crippen molar-refractivity contribution >= 4 is 49.5 Å². The zero-order valence-electron chi connectivity index (χ0n) is 18.5. The van der Waals surface area contributed by atoms with Crippen molar-refractivity contribution in [3.05, 3.63) is 104 Å². The lowest BCUT2D eigenvalue weighted by molar-refractivity contribution is 0.633. The van der Waals surface area contributed by atoms with Gasteiger partial charge in [0.05, 0.1) is 11.9 Å². The van der Waals surface area contributed by atoms with Gasteiger partial charge in [0.1, 0.15) is 11.2 Å². The maximum atomic E-state index is 6.28. The Hall–Kier alpha value is -4.90. The zero-order chi connectivity index (χ0) is 22.9. The quantitative estimate of drug-likeness (QED) is 0.268. The van der Waals surface area contributed by atoms with E-state index in [-0.39, 0.29) is 0 Å². The summed E-state index contributed by atoms with van der Waals surface area (Å²) in [6, 6.07) is 27.2. The Morgan fingerprint density at radius 1 is 0.629 bits per heavy atom. The lowest BCUT2D eigenvalue weighted by Crippen LogP contribution is -1.81. The molecule has 0 aliphatic rings.